The van der Waals surface area contributed by atoms with Gasteiger partial charge in [-0.3, -0.25) is 25.0 Å². The van der Waals surface area contributed by atoms with Crippen LogP contribution in [-0.4, -0.2) is 52.0 Å². The molecule has 164 valence electrons. The van der Waals surface area contributed by atoms with E-state index in [1.807, 2.05) is 0 Å². The van der Waals surface area contributed by atoms with Crippen LogP contribution in [0.15, 0.2) is 24.3 Å². The van der Waals surface area contributed by atoms with E-state index in [0.717, 1.165) is 49.9 Å². The summed E-state index contributed by atoms with van der Waals surface area (Å²) < 4.78 is 5.62. The van der Waals surface area contributed by atoms with E-state index in [1.54, 1.807) is 13.0 Å². The molecule has 2 heterocycles. The number of benzene rings is 1. The number of nitrogens with zero attached hydrogens (tertiary/aromatic N) is 5. The minimum Gasteiger partial charge on any atom is -0.476 e. The van der Waals surface area contributed by atoms with Gasteiger partial charge in [-0.05, 0) is 26.2 Å². The minimum atomic E-state index is -0.787. The Labute approximate surface area is 177 Å². The number of carbonyl (C=O) groups excluding carboxylic acids is 1. The van der Waals surface area contributed by atoms with Crippen LogP contribution in [0.5, 0.6) is 5.88 Å². The van der Waals surface area contributed by atoms with E-state index in [1.165, 1.54) is 6.42 Å². The zero-order valence-corrected chi connectivity index (χ0v) is 16.9. The molecule has 0 radical (unpaired) electrons. The zero-order chi connectivity index (χ0) is 22.4. The normalized spacial score (nSPS) is 13.5. The largest absolute Gasteiger partial charge is 0.476 e. The van der Waals surface area contributed by atoms with Crippen molar-refractivity contribution in [3.05, 3.63) is 55.9 Å². The zero-order valence-electron chi connectivity index (χ0n) is 16.9. The molecular formula is C19H22N6O6. The van der Waals surface area contributed by atoms with Crippen LogP contribution in [0.1, 0.15) is 35.4 Å². The molecule has 31 heavy (non-hydrogen) atoms. The van der Waals surface area contributed by atoms with Crippen LogP contribution in [0, 0.1) is 27.2 Å². The number of ether oxygens (including phenoxy) is 1. The standard InChI is InChI=1S/C19H22N6O6/c1-13-21-17(23-6-3-2-4-7-23)12-18(22-13)31-8-5-20-19(26)14-9-15(24(27)28)11-16(10-14)25(29)30/h9-12H,2-8H2,1H3,(H,20,26). The maximum Gasteiger partial charge on any atom is 0.277 e. The molecule has 0 unspecified atom stereocenters. The summed E-state index contributed by atoms with van der Waals surface area (Å²) in [6.45, 7) is 3.82. The van der Waals surface area contributed by atoms with Gasteiger partial charge < -0.3 is 15.0 Å². The number of hydrogen-bond acceptors (Lipinski definition) is 9. The summed E-state index contributed by atoms with van der Waals surface area (Å²) in [4.78, 5) is 43.5. The van der Waals surface area contributed by atoms with Crippen molar-refractivity contribution in [3.63, 3.8) is 0 Å². The topological polar surface area (TPSA) is 154 Å². The number of nitro benzene ring substituents is 2. The molecule has 3 rings (SSSR count). The van der Waals surface area contributed by atoms with Gasteiger partial charge in [0.05, 0.1) is 28.0 Å². The highest BCUT2D eigenvalue weighted by molar-refractivity contribution is 5.95. The monoisotopic (exact) mass is 430 g/mol. The van der Waals surface area contributed by atoms with Gasteiger partial charge in [0.1, 0.15) is 18.2 Å². The van der Waals surface area contributed by atoms with E-state index in [0.29, 0.717) is 11.7 Å². The molecule has 1 aromatic heterocycles. The molecule has 2 aromatic rings. The second-order valence-corrected chi connectivity index (χ2v) is 7.02. The van der Waals surface area contributed by atoms with Crippen molar-refractivity contribution in [3.8, 4) is 5.88 Å². The Kier molecular flexibility index (Phi) is 6.90. The first-order chi connectivity index (χ1) is 14.8. The molecule has 1 aromatic carbocycles. The predicted molar refractivity (Wildman–Crippen MR) is 110 cm³/mol. The van der Waals surface area contributed by atoms with E-state index in [9.17, 15) is 25.0 Å². The summed E-state index contributed by atoms with van der Waals surface area (Å²) in [5, 5.41) is 24.4. The fourth-order valence-corrected chi connectivity index (χ4v) is 3.24. The lowest BCUT2D eigenvalue weighted by atomic mass is 10.1. The van der Waals surface area contributed by atoms with Crippen molar-refractivity contribution in [2.24, 2.45) is 0 Å². The highest BCUT2D eigenvalue weighted by Gasteiger charge is 2.20. The summed E-state index contributed by atoms with van der Waals surface area (Å²) in [7, 11) is 0. The maximum atomic E-state index is 12.3. The number of carbonyl (C=O) groups is 1. The average Bonchev–Trinajstić information content (AvgIpc) is 2.76. The Bertz CT molecular complexity index is 960. The van der Waals surface area contributed by atoms with Crippen molar-refractivity contribution in [1.29, 1.82) is 0 Å². The van der Waals surface area contributed by atoms with Gasteiger partial charge in [-0.15, -0.1) is 0 Å². The first-order valence-corrected chi connectivity index (χ1v) is 9.79. The fourth-order valence-electron chi connectivity index (χ4n) is 3.24. The van der Waals surface area contributed by atoms with E-state index >= 15 is 0 Å². The fraction of sp³-hybridized carbons (Fsp3) is 0.421. The third kappa shape index (κ3) is 5.84. The summed E-state index contributed by atoms with van der Waals surface area (Å²) in [5.74, 6) is 1.08. The van der Waals surface area contributed by atoms with Crippen LogP contribution >= 0.6 is 0 Å². The Morgan fingerprint density at radius 2 is 1.71 bits per heavy atom. The molecule has 12 heteroatoms. The number of amides is 1. The first-order valence-electron chi connectivity index (χ1n) is 9.79. The van der Waals surface area contributed by atoms with Gasteiger partial charge in [-0.25, -0.2) is 4.98 Å². The highest BCUT2D eigenvalue weighted by atomic mass is 16.6. The molecule has 1 amide bonds. The van der Waals surface area contributed by atoms with Gasteiger partial charge in [0, 0.05) is 31.3 Å². The summed E-state index contributed by atoms with van der Waals surface area (Å²) in [6.07, 6.45) is 3.43. The molecule has 0 spiro atoms. The minimum absolute atomic E-state index is 0.0808. The molecule has 1 aliphatic heterocycles. The summed E-state index contributed by atoms with van der Waals surface area (Å²) in [5.41, 5.74) is -1.24. The van der Waals surface area contributed by atoms with E-state index in [4.69, 9.17) is 4.74 Å². The quantitative estimate of drug-likeness (QED) is 0.378. The number of nitrogens with one attached hydrogen (secondary N) is 1. The Morgan fingerprint density at radius 1 is 1.06 bits per heavy atom. The van der Waals surface area contributed by atoms with Gasteiger partial charge in [-0.1, -0.05) is 0 Å². The van der Waals surface area contributed by atoms with E-state index < -0.39 is 27.1 Å². The molecule has 12 nitrogen and oxygen atoms in total. The second-order valence-electron chi connectivity index (χ2n) is 7.02. The first kappa shape index (κ1) is 21.9. The number of hydrogen-bond donors (Lipinski definition) is 1. The number of aryl methyl sites for hydroxylation is 1. The van der Waals surface area contributed by atoms with Crippen LogP contribution in [0.4, 0.5) is 17.2 Å². The van der Waals surface area contributed by atoms with Gasteiger partial charge >= 0.3 is 0 Å². The van der Waals surface area contributed by atoms with Gasteiger partial charge in [0.15, 0.2) is 0 Å². The summed E-state index contributed by atoms with van der Waals surface area (Å²) in [6, 6.07) is 4.53. The smallest absolute Gasteiger partial charge is 0.277 e. The van der Waals surface area contributed by atoms with Crippen LogP contribution in [-0.2, 0) is 0 Å². The molecule has 0 aliphatic carbocycles. The number of aromatic nitrogens is 2. The van der Waals surface area contributed by atoms with Crippen molar-refractivity contribution >= 4 is 23.1 Å². The van der Waals surface area contributed by atoms with Crippen LogP contribution in [0.3, 0.4) is 0 Å². The molecule has 1 N–H and O–H groups in total. The lowest BCUT2D eigenvalue weighted by Crippen LogP contribution is -2.30. The van der Waals surface area contributed by atoms with Crippen molar-refractivity contribution in [2.75, 3.05) is 31.1 Å². The maximum absolute atomic E-state index is 12.3. The molecule has 0 atom stereocenters. The molecule has 1 fully saturated rings. The lowest BCUT2D eigenvalue weighted by molar-refractivity contribution is -0.394. The third-order valence-corrected chi connectivity index (χ3v) is 4.70. The predicted octanol–water partition coefficient (Wildman–Crippen LogP) is 2.40. The van der Waals surface area contributed by atoms with Gasteiger partial charge in [-0.2, -0.15) is 4.98 Å². The molecule has 1 saturated heterocycles. The number of nitro groups is 2. The Morgan fingerprint density at radius 3 is 2.32 bits per heavy atom. The average molecular weight is 430 g/mol. The Balaban J connectivity index is 1.58. The van der Waals surface area contributed by atoms with Crippen LogP contribution < -0.4 is 15.0 Å². The highest BCUT2D eigenvalue weighted by Crippen LogP contribution is 2.23. The lowest BCUT2D eigenvalue weighted by Gasteiger charge is -2.28. The summed E-state index contributed by atoms with van der Waals surface area (Å²) >= 11 is 0. The molecule has 0 saturated carbocycles. The molecule has 1 aliphatic rings. The SMILES string of the molecule is Cc1nc(OCCNC(=O)c2cc([N+](=O)[O-])cc([N+](=O)[O-])c2)cc(N2CCCCC2)n1. The second kappa shape index (κ2) is 9.78. The molecular weight excluding hydrogens is 408 g/mol. The van der Waals surface area contributed by atoms with E-state index in [2.05, 4.69) is 20.2 Å². The molecule has 0 bridgehead atoms. The van der Waals surface area contributed by atoms with Gasteiger partial charge in [0.2, 0.25) is 5.88 Å². The number of rotatable bonds is 8. The van der Waals surface area contributed by atoms with Crippen molar-refractivity contribution < 1.29 is 19.4 Å². The van der Waals surface area contributed by atoms with E-state index in [-0.39, 0.29) is 18.7 Å². The number of non-ortho nitro benzene ring substituents is 2. The van der Waals surface area contributed by atoms with Crippen LogP contribution in [0.2, 0.25) is 0 Å². The van der Waals surface area contributed by atoms with Crippen molar-refractivity contribution in [2.45, 2.75) is 26.2 Å². The number of anilines is 1. The van der Waals surface area contributed by atoms with Crippen molar-refractivity contribution in [1.82, 2.24) is 15.3 Å². The van der Waals surface area contributed by atoms with Crippen LogP contribution in [0.25, 0.3) is 0 Å². The third-order valence-electron chi connectivity index (χ3n) is 4.70. The van der Waals surface area contributed by atoms with Gasteiger partial charge in [0.25, 0.3) is 17.3 Å². The Hall–Kier alpha value is -3.83. The number of piperidine rings is 1.